The number of hydrogen-bond donors (Lipinski definition) is 1. The molecule has 7 nitrogen and oxygen atoms in total. The fourth-order valence-electron chi connectivity index (χ4n) is 6.21. The SMILES string of the molecule is CN=C(NCc1ccnc(N2CCOC(C)C2)c1)N1CCN(C2CC3CCC2C3)CC1.I. The van der Waals surface area contributed by atoms with Crippen molar-refractivity contribution in [3.05, 3.63) is 23.9 Å². The highest BCUT2D eigenvalue weighted by atomic mass is 127. The van der Waals surface area contributed by atoms with Gasteiger partial charge in [0.05, 0.1) is 12.7 Å². The van der Waals surface area contributed by atoms with Crippen LogP contribution in [0.3, 0.4) is 0 Å². The molecule has 3 heterocycles. The number of fused-ring (bicyclic) bond motifs is 2. The van der Waals surface area contributed by atoms with Crippen molar-refractivity contribution in [3.63, 3.8) is 0 Å². The van der Waals surface area contributed by atoms with Crippen LogP contribution < -0.4 is 10.2 Å². The van der Waals surface area contributed by atoms with Gasteiger partial charge in [-0.25, -0.2) is 4.98 Å². The molecule has 0 amide bonds. The molecule has 0 aromatic carbocycles. The molecule has 4 atom stereocenters. The molecule has 32 heavy (non-hydrogen) atoms. The number of hydrogen-bond acceptors (Lipinski definition) is 5. The van der Waals surface area contributed by atoms with Gasteiger partial charge in [-0.1, -0.05) is 6.42 Å². The van der Waals surface area contributed by atoms with Gasteiger partial charge >= 0.3 is 0 Å². The first-order chi connectivity index (χ1) is 15.2. The molecule has 4 unspecified atom stereocenters. The number of rotatable bonds is 4. The van der Waals surface area contributed by atoms with Crippen LogP contribution in [0.5, 0.6) is 0 Å². The summed E-state index contributed by atoms with van der Waals surface area (Å²) < 4.78 is 5.67. The minimum absolute atomic E-state index is 0. The van der Waals surface area contributed by atoms with Crippen LogP contribution in [0.2, 0.25) is 0 Å². The lowest BCUT2D eigenvalue weighted by atomic mass is 9.93. The number of nitrogens with one attached hydrogen (secondary N) is 1. The van der Waals surface area contributed by atoms with Crippen molar-refractivity contribution in [1.29, 1.82) is 0 Å². The number of halogens is 1. The lowest BCUT2D eigenvalue weighted by molar-refractivity contribution is 0.0529. The first-order valence-electron chi connectivity index (χ1n) is 12.2. The number of nitrogens with zero attached hydrogens (tertiary/aromatic N) is 5. The first-order valence-corrected chi connectivity index (χ1v) is 12.2. The Morgan fingerprint density at radius 1 is 1.19 bits per heavy atom. The van der Waals surface area contributed by atoms with E-state index in [1.165, 1.54) is 44.3 Å². The highest BCUT2D eigenvalue weighted by molar-refractivity contribution is 14.0. The molecule has 2 bridgehead atoms. The Balaban J connectivity index is 0.00000245. The number of anilines is 1. The maximum absolute atomic E-state index is 5.67. The van der Waals surface area contributed by atoms with Gasteiger partial charge in [-0.3, -0.25) is 9.89 Å². The van der Waals surface area contributed by atoms with Crippen LogP contribution in [0.25, 0.3) is 0 Å². The predicted molar refractivity (Wildman–Crippen MR) is 140 cm³/mol. The number of ether oxygens (including phenoxy) is 1. The van der Waals surface area contributed by atoms with Gasteiger partial charge in [-0.2, -0.15) is 0 Å². The zero-order chi connectivity index (χ0) is 21.2. The third-order valence-electron chi connectivity index (χ3n) is 7.82. The second-order valence-corrected chi connectivity index (χ2v) is 9.82. The monoisotopic (exact) mass is 554 g/mol. The predicted octanol–water partition coefficient (Wildman–Crippen LogP) is 2.81. The topological polar surface area (TPSA) is 56.2 Å². The minimum Gasteiger partial charge on any atom is -0.375 e. The molecule has 4 fully saturated rings. The molecule has 0 spiro atoms. The maximum Gasteiger partial charge on any atom is 0.194 e. The molecular formula is C24H39IN6O. The standard InChI is InChI=1S/C24H38N6O.HI/c1-18-17-30(11-12-31-18)23-15-20(5-6-26-23)16-27-24(25-2)29-9-7-28(8-10-29)22-14-19-3-4-21(22)13-19;/h5-6,15,18-19,21-22H,3-4,7-14,16-17H2,1-2H3,(H,25,27);1H. The quantitative estimate of drug-likeness (QED) is 0.351. The Kier molecular flexibility index (Phi) is 8.15. The zero-order valence-electron chi connectivity index (χ0n) is 19.6. The van der Waals surface area contributed by atoms with Crippen LogP contribution in [0, 0.1) is 11.8 Å². The summed E-state index contributed by atoms with van der Waals surface area (Å²) in [6.07, 6.45) is 8.07. The molecule has 2 saturated carbocycles. The summed E-state index contributed by atoms with van der Waals surface area (Å²) in [5, 5.41) is 3.59. The Hall–Kier alpha value is -1.13. The number of piperazine rings is 1. The van der Waals surface area contributed by atoms with Gasteiger partial charge in [-0.05, 0) is 55.7 Å². The van der Waals surface area contributed by atoms with E-state index in [9.17, 15) is 0 Å². The van der Waals surface area contributed by atoms with E-state index >= 15 is 0 Å². The summed E-state index contributed by atoms with van der Waals surface area (Å²) >= 11 is 0. The van der Waals surface area contributed by atoms with E-state index in [0.717, 1.165) is 69.0 Å². The van der Waals surface area contributed by atoms with Gasteiger partial charge in [-0.15, -0.1) is 24.0 Å². The third-order valence-corrected chi connectivity index (χ3v) is 7.82. The summed E-state index contributed by atoms with van der Waals surface area (Å²) in [5.41, 5.74) is 1.24. The fourth-order valence-corrected chi connectivity index (χ4v) is 6.21. The van der Waals surface area contributed by atoms with E-state index < -0.39 is 0 Å². The second-order valence-electron chi connectivity index (χ2n) is 9.82. The van der Waals surface area contributed by atoms with E-state index in [1.54, 1.807) is 0 Å². The van der Waals surface area contributed by atoms with E-state index in [1.807, 2.05) is 13.2 Å². The van der Waals surface area contributed by atoms with E-state index in [2.05, 4.69) is 49.0 Å². The molecule has 178 valence electrons. The Morgan fingerprint density at radius 2 is 2.03 bits per heavy atom. The van der Waals surface area contributed by atoms with Crippen LogP contribution in [0.4, 0.5) is 5.82 Å². The van der Waals surface area contributed by atoms with Crippen molar-refractivity contribution in [2.45, 2.75) is 51.3 Å². The molecule has 1 aromatic rings. The van der Waals surface area contributed by atoms with E-state index in [0.29, 0.717) is 0 Å². The van der Waals surface area contributed by atoms with Crippen LogP contribution in [-0.4, -0.2) is 85.8 Å². The number of guanidine groups is 1. The average Bonchev–Trinajstić information content (AvgIpc) is 3.44. The molecule has 2 aliphatic carbocycles. The second kappa shape index (κ2) is 10.9. The van der Waals surface area contributed by atoms with Crippen LogP contribution in [0.15, 0.2) is 23.3 Å². The van der Waals surface area contributed by atoms with Gasteiger partial charge in [0, 0.05) is 65.1 Å². The van der Waals surface area contributed by atoms with Crippen molar-refractivity contribution in [3.8, 4) is 0 Å². The van der Waals surface area contributed by atoms with Gasteiger partial charge in [0.2, 0.25) is 0 Å². The number of pyridine rings is 1. The minimum atomic E-state index is 0. The van der Waals surface area contributed by atoms with E-state index in [-0.39, 0.29) is 30.1 Å². The van der Waals surface area contributed by atoms with Crippen molar-refractivity contribution in [2.24, 2.45) is 16.8 Å². The fraction of sp³-hybridized carbons (Fsp3) is 0.750. The molecule has 4 aliphatic rings. The summed E-state index contributed by atoms with van der Waals surface area (Å²) in [6, 6.07) is 5.15. The summed E-state index contributed by atoms with van der Waals surface area (Å²) in [7, 11) is 1.90. The van der Waals surface area contributed by atoms with Crippen LogP contribution in [0.1, 0.15) is 38.2 Å². The number of aromatic nitrogens is 1. The molecule has 2 saturated heterocycles. The molecule has 0 radical (unpaired) electrons. The highest BCUT2D eigenvalue weighted by Gasteiger charge is 2.42. The van der Waals surface area contributed by atoms with Gasteiger partial charge < -0.3 is 19.9 Å². The van der Waals surface area contributed by atoms with Gasteiger partial charge in [0.1, 0.15) is 5.82 Å². The average molecular weight is 555 g/mol. The van der Waals surface area contributed by atoms with Crippen molar-refractivity contribution < 1.29 is 4.74 Å². The van der Waals surface area contributed by atoms with Crippen LogP contribution >= 0.6 is 24.0 Å². The number of morpholine rings is 1. The Labute approximate surface area is 210 Å². The number of aliphatic imine (C=N–C) groups is 1. The van der Waals surface area contributed by atoms with Crippen molar-refractivity contribution in [2.75, 3.05) is 57.8 Å². The molecular weight excluding hydrogens is 515 g/mol. The summed E-state index contributed by atoms with van der Waals surface area (Å²) in [5.74, 6) is 4.06. The molecule has 1 N–H and O–H groups in total. The molecule has 2 aliphatic heterocycles. The largest absolute Gasteiger partial charge is 0.375 e. The first kappa shape index (κ1) is 24.0. The smallest absolute Gasteiger partial charge is 0.194 e. The summed E-state index contributed by atoms with van der Waals surface area (Å²) in [6.45, 7) is 9.95. The maximum atomic E-state index is 5.67. The van der Waals surface area contributed by atoms with Crippen molar-refractivity contribution in [1.82, 2.24) is 20.1 Å². The summed E-state index contributed by atoms with van der Waals surface area (Å²) in [4.78, 5) is 16.7. The highest BCUT2D eigenvalue weighted by Crippen LogP contribution is 2.46. The zero-order valence-corrected chi connectivity index (χ0v) is 21.9. The lowest BCUT2D eigenvalue weighted by Gasteiger charge is -2.42. The Bertz CT molecular complexity index is 784. The normalized spacial score (nSPS) is 31.0. The van der Waals surface area contributed by atoms with Gasteiger partial charge in [0.25, 0.3) is 0 Å². The Morgan fingerprint density at radius 3 is 2.72 bits per heavy atom. The van der Waals surface area contributed by atoms with E-state index in [4.69, 9.17) is 4.74 Å². The lowest BCUT2D eigenvalue weighted by Crippen LogP contribution is -2.55. The third kappa shape index (κ3) is 5.33. The van der Waals surface area contributed by atoms with Crippen molar-refractivity contribution >= 4 is 35.8 Å². The van der Waals surface area contributed by atoms with Gasteiger partial charge in [0.15, 0.2) is 5.96 Å². The van der Waals surface area contributed by atoms with Crippen LogP contribution in [-0.2, 0) is 11.3 Å². The molecule has 8 heteroatoms. The molecule has 5 rings (SSSR count). The molecule has 1 aromatic heterocycles.